The smallest absolute Gasteiger partial charge is 0.00105 e. The van der Waals surface area contributed by atoms with Crippen molar-refractivity contribution < 1.29 is 0 Å². The molecule has 2 rings (SSSR count). The van der Waals surface area contributed by atoms with E-state index in [1.807, 2.05) is 61.5 Å². The van der Waals surface area contributed by atoms with Crippen LogP contribution in [-0.2, 0) is 0 Å². The fourth-order valence-electron chi connectivity index (χ4n) is 2.12. The molecule has 0 nitrogen and oxygen atoms in total. The van der Waals surface area contributed by atoms with Crippen molar-refractivity contribution in [2.45, 2.75) is 143 Å². The Hall–Kier alpha value is -2.08. The summed E-state index contributed by atoms with van der Waals surface area (Å²) in [5.41, 5.74) is 8.00. The highest BCUT2D eigenvalue weighted by Gasteiger charge is 2.01. The highest BCUT2D eigenvalue weighted by molar-refractivity contribution is 5.31. The molecule has 2 aromatic carbocycles. The van der Waals surface area contributed by atoms with Gasteiger partial charge in [-0.25, -0.2) is 0 Å². The lowest BCUT2D eigenvalue weighted by molar-refractivity contribution is 0.737. The average Bonchev–Trinajstić information content (AvgIpc) is 2.90. The third-order valence-electron chi connectivity index (χ3n) is 4.19. The van der Waals surface area contributed by atoms with E-state index in [0.29, 0.717) is 5.92 Å². The lowest BCUT2D eigenvalue weighted by Crippen LogP contribution is -1.91. The largest absolute Gasteiger partial charge is 0.102 e. The molecule has 1 unspecified atom stereocenters. The number of unbranched alkanes of at least 4 members (excludes halogenated alkanes) is 1. The van der Waals surface area contributed by atoms with Crippen LogP contribution in [0, 0.1) is 33.6 Å². The summed E-state index contributed by atoms with van der Waals surface area (Å²) in [5.74, 6) is 1.30. The van der Waals surface area contributed by atoms with Crippen molar-refractivity contribution in [1.29, 1.82) is 0 Å². The van der Waals surface area contributed by atoms with E-state index >= 15 is 0 Å². The van der Waals surface area contributed by atoms with Crippen LogP contribution in [0.5, 0.6) is 0 Å². The van der Waals surface area contributed by atoms with Gasteiger partial charge in [-0.05, 0) is 75.6 Å². The fraction of sp³-hybridized carbons (Fsp3) is 0.579. The highest BCUT2D eigenvalue weighted by Crippen LogP contribution is 2.19. The summed E-state index contributed by atoms with van der Waals surface area (Å²) in [6.45, 7) is 44.8. The van der Waals surface area contributed by atoms with Crippen molar-refractivity contribution in [2.24, 2.45) is 5.92 Å². The van der Waals surface area contributed by atoms with Gasteiger partial charge in [0.15, 0.2) is 0 Å². The lowest BCUT2D eigenvalue weighted by Gasteiger charge is -2.08. The quantitative estimate of drug-likeness (QED) is 0.347. The summed E-state index contributed by atoms with van der Waals surface area (Å²) in [7, 11) is 0. The maximum atomic E-state index is 3.78. The Labute approximate surface area is 244 Å². The number of allylic oxidation sites excluding steroid dienone is 2. The highest BCUT2D eigenvalue weighted by atomic mass is 14.1. The van der Waals surface area contributed by atoms with Gasteiger partial charge < -0.3 is 0 Å². The minimum absolute atomic E-state index is 0.469. The molecule has 38 heavy (non-hydrogen) atoms. The van der Waals surface area contributed by atoms with E-state index in [4.69, 9.17) is 0 Å². The van der Waals surface area contributed by atoms with Gasteiger partial charge in [-0.2, -0.15) is 0 Å². The van der Waals surface area contributed by atoms with Crippen LogP contribution in [0.2, 0.25) is 0 Å². The third kappa shape index (κ3) is 44.0. The first-order valence-corrected chi connectivity index (χ1v) is 15.2. The van der Waals surface area contributed by atoms with Crippen molar-refractivity contribution in [1.82, 2.24) is 0 Å². The second-order valence-corrected chi connectivity index (χ2v) is 9.41. The van der Waals surface area contributed by atoms with E-state index in [9.17, 15) is 0 Å². The molecule has 2 aromatic rings. The molecule has 0 aromatic heterocycles. The summed E-state index contributed by atoms with van der Waals surface area (Å²) >= 11 is 0. The van der Waals surface area contributed by atoms with Crippen LogP contribution in [-0.4, -0.2) is 0 Å². The Bertz CT molecular complexity index is 710. The van der Waals surface area contributed by atoms with Gasteiger partial charge in [0.25, 0.3) is 0 Å². The van der Waals surface area contributed by atoms with Gasteiger partial charge in [0.05, 0.1) is 0 Å². The van der Waals surface area contributed by atoms with Crippen molar-refractivity contribution in [2.75, 3.05) is 0 Å². The van der Waals surface area contributed by atoms with E-state index in [1.54, 1.807) is 0 Å². The Morgan fingerprint density at radius 3 is 1.32 bits per heavy atom. The molecular formula is C38H72. The van der Waals surface area contributed by atoms with Gasteiger partial charge in [0, 0.05) is 0 Å². The summed E-state index contributed by atoms with van der Waals surface area (Å²) in [6.07, 6.45) is 4.61. The monoisotopic (exact) mass is 529 g/mol. The zero-order valence-corrected chi connectivity index (χ0v) is 29.6. The van der Waals surface area contributed by atoms with E-state index in [2.05, 4.69) is 125 Å². The third-order valence-corrected chi connectivity index (χ3v) is 4.19. The molecule has 0 N–H and O–H groups in total. The van der Waals surface area contributed by atoms with E-state index in [1.165, 1.54) is 46.2 Å². The number of aryl methyl sites for hydroxylation is 4. The second kappa shape index (κ2) is 39.4. The SMILES string of the molecule is C=C(C)C.C=CC(C)c1ccccc1C.CC.CC.CC.CC(C)C.CCCC.Cc1ccc(C)c(C)c1. The maximum Gasteiger partial charge on any atom is -0.00105 e. The minimum Gasteiger partial charge on any atom is -0.102 e. The van der Waals surface area contributed by atoms with Gasteiger partial charge in [0.1, 0.15) is 0 Å². The van der Waals surface area contributed by atoms with Gasteiger partial charge in [-0.15, -0.1) is 13.2 Å². The summed E-state index contributed by atoms with van der Waals surface area (Å²) < 4.78 is 0. The minimum atomic E-state index is 0.469. The maximum absolute atomic E-state index is 3.78. The molecule has 0 heteroatoms. The van der Waals surface area contributed by atoms with Gasteiger partial charge in [0.2, 0.25) is 0 Å². The first-order chi connectivity index (χ1) is 17.8. The Morgan fingerprint density at radius 1 is 0.684 bits per heavy atom. The number of rotatable bonds is 3. The normalized spacial score (nSPS) is 8.82. The molecule has 0 amide bonds. The van der Waals surface area contributed by atoms with E-state index < -0.39 is 0 Å². The van der Waals surface area contributed by atoms with Crippen LogP contribution in [0.15, 0.2) is 67.3 Å². The Kier molecular flexibility index (Phi) is 50.8. The Balaban J connectivity index is -0.0000000853. The molecule has 0 spiro atoms. The molecule has 0 aliphatic heterocycles. The molecule has 0 fully saturated rings. The molecule has 224 valence electrons. The molecular weight excluding hydrogens is 456 g/mol. The van der Waals surface area contributed by atoms with Gasteiger partial charge in [-0.3, -0.25) is 0 Å². The topological polar surface area (TPSA) is 0 Å². The molecule has 0 aliphatic carbocycles. The van der Waals surface area contributed by atoms with E-state index in [-0.39, 0.29) is 0 Å². The summed E-state index contributed by atoms with van der Waals surface area (Å²) in [5, 5.41) is 0. The fourth-order valence-corrected chi connectivity index (χ4v) is 2.12. The molecule has 0 saturated carbocycles. The zero-order chi connectivity index (χ0) is 31.7. The number of hydrogen-bond acceptors (Lipinski definition) is 0. The average molecular weight is 529 g/mol. The van der Waals surface area contributed by atoms with Gasteiger partial charge in [-0.1, -0.05) is 156 Å². The molecule has 1 atom stereocenters. The van der Waals surface area contributed by atoms with Crippen molar-refractivity contribution >= 4 is 0 Å². The van der Waals surface area contributed by atoms with Crippen molar-refractivity contribution in [3.8, 4) is 0 Å². The number of hydrogen-bond donors (Lipinski definition) is 0. The van der Waals surface area contributed by atoms with Crippen LogP contribution < -0.4 is 0 Å². The predicted molar refractivity (Wildman–Crippen MR) is 186 cm³/mol. The lowest BCUT2D eigenvalue weighted by atomic mass is 9.97. The molecule has 0 radical (unpaired) electrons. The van der Waals surface area contributed by atoms with E-state index in [0.717, 1.165) is 5.92 Å². The summed E-state index contributed by atoms with van der Waals surface area (Å²) in [6, 6.07) is 14.9. The van der Waals surface area contributed by atoms with Crippen LogP contribution in [0.25, 0.3) is 0 Å². The Morgan fingerprint density at radius 2 is 1.05 bits per heavy atom. The van der Waals surface area contributed by atoms with Crippen LogP contribution in [0.4, 0.5) is 0 Å². The second-order valence-electron chi connectivity index (χ2n) is 9.41. The summed E-state index contributed by atoms with van der Waals surface area (Å²) in [4.78, 5) is 0. The first kappa shape index (κ1) is 48.9. The van der Waals surface area contributed by atoms with Crippen molar-refractivity contribution in [3.05, 3.63) is 95.1 Å². The molecule has 0 saturated heterocycles. The molecule has 0 heterocycles. The predicted octanol–water partition coefficient (Wildman–Crippen LogP) is 14.0. The standard InChI is InChI=1S/C11H14.C9H12.C4H10.C4H8.C4H10.3C2H6/c1-4-9(2)11-8-6-5-7-10(11)3;1-7-4-5-8(2)9(3)6-7;2*1-4(2)3;1-3-4-2;3*1-2/h4-9H,1H2,2-3H3;4-6H,1-3H3;4H,1-3H3;1H2,2-3H3;3-4H2,1-2H3;3*1-2H3. The van der Waals surface area contributed by atoms with Crippen LogP contribution in [0.3, 0.4) is 0 Å². The van der Waals surface area contributed by atoms with Gasteiger partial charge >= 0.3 is 0 Å². The van der Waals surface area contributed by atoms with Crippen LogP contribution >= 0.6 is 0 Å². The zero-order valence-electron chi connectivity index (χ0n) is 29.6. The van der Waals surface area contributed by atoms with Crippen LogP contribution in [0.1, 0.15) is 144 Å². The molecule has 0 bridgehead atoms. The first-order valence-electron chi connectivity index (χ1n) is 15.2. The van der Waals surface area contributed by atoms with Crippen molar-refractivity contribution in [3.63, 3.8) is 0 Å². The molecule has 0 aliphatic rings. The number of benzene rings is 2.